The highest BCUT2D eigenvalue weighted by molar-refractivity contribution is 7.19. The first-order chi connectivity index (χ1) is 9.81. The molecule has 0 atom stereocenters. The molecular formula is C12H8N6OS. The molecule has 0 aliphatic rings. The Morgan fingerprint density at radius 2 is 2.15 bits per heavy atom. The fourth-order valence-electron chi connectivity index (χ4n) is 1.84. The van der Waals surface area contributed by atoms with Crippen LogP contribution in [0.15, 0.2) is 35.1 Å². The lowest BCUT2D eigenvalue weighted by Gasteiger charge is -1.93. The Labute approximate surface area is 116 Å². The molecule has 0 fully saturated rings. The summed E-state index contributed by atoms with van der Waals surface area (Å²) in [7, 11) is 0. The van der Waals surface area contributed by atoms with Gasteiger partial charge in [-0.15, -0.1) is 10.2 Å². The molecule has 0 aliphatic heterocycles. The summed E-state index contributed by atoms with van der Waals surface area (Å²) in [4.78, 5) is 9.22. The van der Waals surface area contributed by atoms with Gasteiger partial charge < -0.3 is 4.42 Å². The molecule has 0 radical (unpaired) electrons. The zero-order chi connectivity index (χ0) is 13.5. The highest BCUT2D eigenvalue weighted by Gasteiger charge is 2.16. The molecule has 0 bridgehead atoms. The number of nitrogens with zero attached hydrogens (tertiary/aromatic N) is 6. The molecule has 0 aliphatic carbocycles. The van der Waals surface area contributed by atoms with Crippen molar-refractivity contribution in [3.63, 3.8) is 0 Å². The van der Waals surface area contributed by atoms with E-state index < -0.39 is 0 Å². The van der Waals surface area contributed by atoms with Gasteiger partial charge in [0.15, 0.2) is 10.9 Å². The van der Waals surface area contributed by atoms with Crippen molar-refractivity contribution in [1.82, 2.24) is 29.8 Å². The number of rotatable bonds is 2. The van der Waals surface area contributed by atoms with Gasteiger partial charge in [-0.05, 0) is 12.1 Å². The SMILES string of the molecule is Cc1nc(-c2nn3c(-c4ccccn4)nnc3s2)co1. The summed E-state index contributed by atoms with van der Waals surface area (Å²) in [5.41, 5.74) is 1.43. The molecule has 0 N–H and O–H groups in total. The van der Waals surface area contributed by atoms with Crippen molar-refractivity contribution >= 4 is 16.3 Å². The Morgan fingerprint density at radius 3 is 2.90 bits per heavy atom. The maximum atomic E-state index is 5.20. The average molecular weight is 284 g/mol. The van der Waals surface area contributed by atoms with Gasteiger partial charge in [-0.2, -0.15) is 9.61 Å². The molecule has 0 aromatic carbocycles. The van der Waals surface area contributed by atoms with E-state index in [1.54, 1.807) is 23.9 Å². The largest absolute Gasteiger partial charge is 0.449 e. The van der Waals surface area contributed by atoms with E-state index in [-0.39, 0.29) is 0 Å². The van der Waals surface area contributed by atoms with Crippen LogP contribution in [0.2, 0.25) is 0 Å². The van der Waals surface area contributed by atoms with Crippen LogP contribution in [0.5, 0.6) is 0 Å². The topological polar surface area (TPSA) is 82.0 Å². The van der Waals surface area contributed by atoms with Crippen molar-refractivity contribution in [1.29, 1.82) is 0 Å². The van der Waals surface area contributed by atoms with E-state index in [9.17, 15) is 0 Å². The fraction of sp³-hybridized carbons (Fsp3) is 0.0833. The molecular weight excluding hydrogens is 276 g/mol. The minimum absolute atomic E-state index is 0.607. The smallest absolute Gasteiger partial charge is 0.235 e. The van der Waals surface area contributed by atoms with Crippen LogP contribution in [0.4, 0.5) is 0 Å². The third-order valence-corrected chi connectivity index (χ3v) is 3.64. The highest BCUT2D eigenvalue weighted by atomic mass is 32.1. The summed E-state index contributed by atoms with van der Waals surface area (Å²) in [6.45, 7) is 1.79. The minimum Gasteiger partial charge on any atom is -0.449 e. The van der Waals surface area contributed by atoms with Gasteiger partial charge in [0.25, 0.3) is 0 Å². The second kappa shape index (κ2) is 4.20. The third kappa shape index (κ3) is 1.69. The van der Waals surface area contributed by atoms with Crippen LogP contribution < -0.4 is 0 Å². The molecule has 7 nitrogen and oxygen atoms in total. The van der Waals surface area contributed by atoms with Crippen LogP contribution in [-0.4, -0.2) is 29.8 Å². The molecule has 98 valence electrons. The molecule has 0 saturated heterocycles. The molecule has 4 aromatic rings. The van der Waals surface area contributed by atoms with E-state index in [1.165, 1.54) is 11.3 Å². The summed E-state index contributed by atoms with van der Waals surface area (Å²) < 4.78 is 6.88. The zero-order valence-corrected chi connectivity index (χ0v) is 11.2. The third-order valence-electron chi connectivity index (χ3n) is 2.72. The van der Waals surface area contributed by atoms with Gasteiger partial charge in [-0.25, -0.2) is 4.98 Å². The Morgan fingerprint density at radius 1 is 1.20 bits per heavy atom. The summed E-state index contributed by atoms with van der Waals surface area (Å²) in [5, 5.41) is 13.5. The maximum Gasteiger partial charge on any atom is 0.235 e. The Kier molecular flexibility index (Phi) is 2.36. The number of pyridine rings is 1. The van der Waals surface area contributed by atoms with E-state index in [2.05, 4.69) is 25.3 Å². The lowest BCUT2D eigenvalue weighted by atomic mass is 10.3. The van der Waals surface area contributed by atoms with E-state index >= 15 is 0 Å². The maximum absolute atomic E-state index is 5.20. The monoisotopic (exact) mass is 284 g/mol. The number of fused-ring (bicyclic) bond motifs is 1. The van der Waals surface area contributed by atoms with Crippen LogP contribution in [0, 0.1) is 6.92 Å². The Hall–Kier alpha value is -2.61. The average Bonchev–Trinajstić information content (AvgIpc) is 3.13. The van der Waals surface area contributed by atoms with Gasteiger partial charge >= 0.3 is 0 Å². The molecule has 0 saturated carbocycles. The molecule has 0 spiro atoms. The number of aromatic nitrogens is 6. The van der Waals surface area contributed by atoms with Crippen LogP contribution in [0.3, 0.4) is 0 Å². The second-order valence-electron chi connectivity index (χ2n) is 4.09. The predicted molar refractivity (Wildman–Crippen MR) is 72.1 cm³/mol. The van der Waals surface area contributed by atoms with Crippen molar-refractivity contribution in [2.24, 2.45) is 0 Å². The first kappa shape index (κ1) is 11.2. The van der Waals surface area contributed by atoms with Gasteiger partial charge in [0.05, 0.1) is 0 Å². The summed E-state index contributed by atoms with van der Waals surface area (Å²) in [5.74, 6) is 1.22. The van der Waals surface area contributed by atoms with Gasteiger partial charge in [0.2, 0.25) is 10.8 Å². The number of aryl methyl sites for hydroxylation is 1. The van der Waals surface area contributed by atoms with Crippen molar-refractivity contribution in [2.75, 3.05) is 0 Å². The van der Waals surface area contributed by atoms with E-state index in [0.29, 0.717) is 22.4 Å². The van der Waals surface area contributed by atoms with Crippen molar-refractivity contribution in [3.05, 3.63) is 36.5 Å². The highest BCUT2D eigenvalue weighted by Crippen LogP contribution is 2.26. The van der Waals surface area contributed by atoms with Gasteiger partial charge in [-0.3, -0.25) is 4.98 Å². The van der Waals surface area contributed by atoms with E-state index in [0.717, 1.165) is 10.7 Å². The first-order valence-corrected chi connectivity index (χ1v) is 6.69. The first-order valence-electron chi connectivity index (χ1n) is 5.87. The molecule has 0 unspecified atom stereocenters. The zero-order valence-electron chi connectivity index (χ0n) is 10.4. The minimum atomic E-state index is 0.607. The predicted octanol–water partition coefficient (Wildman–Crippen LogP) is 2.21. The normalized spacial score (nSPS) is 11.2. The fourth-order valence-corrected chi connectivity index (χ4v) is 2.63. The lowest BCUT2D eigenvalue weighted by Crippen LogP contribution is -1.92. The second-order valence-corrected chi connectivity index (χ2v) is 5.05. The Balaban J connectivity index is 1.87. The number of hydrogen-bond donors (Lipinski definition) is 0. The molecule has 4 heterocycles. The summed E-state index contributed by atoms with van der Waals surface area (Å²) in [6, 6.07) is 5.62. The van der Waals surface area contributed by atoms with Crippen LogP contribution in [0.1, 0.15) is 5.89 Å². The quantitative estimate of drug-likeness (QED) is 0.561. The number of hydrogen-bond acceptors (Lipinski definition) is 7. The molecule has 4 rings (SSSR count). The molecule has 0 amide bonds. The van der Waals surface area contributed by atoms with Crippen LogP contribution >= 0.6 is 11.3 Å². The van der Waals surface area contributed by atoms with Crippen molar-refractivity contribution in [3.8, 4) is 22.2 Å². The van der Waals surface area contributed by atoms with Gasteiger partial charge in [0, 0.05) is 13.1 Å². The van der Waals surface area contributed by atoms with Crippen LogP contribution in [0.25, 0.3) is 27.2 Å². The van der Waals surface area contributed by atoms with E-state index in [1.807, 2.05) is 18.2 Å². The molecule has 20 heavy (non-hydrogen) atoms. The summed E-state index contributed by atoms with van der Waals surface area (Å²) >= 11 is 1.41. The van der Waals surface area contributed by atoms with E-state index in [4.69, 9.17) is 4.42 Å². The van der Waals surface area contributed by atoms with Gasteiger partial charge in [0.1, 0.15) is 17.7 Å². The molecule has 8 heteroatoms. The lowest BCUT2D eigenvalue weighted by molar-refractivity contribution is 0.521. The standard InChI is InChI=1S/C12H8N6OS/c1-7-14-9(6-19-7)11-17-18-10(15-16-12(18)20-11)8-4-2-3-5-13-8/h2-6H,1H3. The Bertz CT molecular complexity index is 878. The van der Waals surface area contributed by atoms with Crippen molar-refractivity contribution in [2.45, 2.75) is 6.92 Å². The van der Waals surface area contributed by atoms with Crippen molar-refractivity contribution < 1.29 is 4.42 Å². The van der Waals surface area contributed by atoms with Crippen LogP contribution in [-0.2, 0) is 0 Å². The summed E-state index contributed by atoms with van der Waals surface area (Å²) in [6.07, 6.45) is 3.30. The number of oxazole rings is 1. The molecule has 4 aromatic heterocycles. The van der Waals surface area contributed by atoms with Gasteiger partial charge in [-0.1, -0.05) is 17.4 Å².